The van der Waals surface area contributed by atoms with Crippen molar-refractivity contribution in [2.24, 2.45) is 0 Å². The highest BCUT2D eigenvalue weighted by molar-refractivity contribution is 6.68. The first-order valence-corrected chi connectivity index (χ1v) is 7.22. The van der Waals surface area contributed by atoms with Crippen LogP contribution >= 0.6 is 58.0 Å². The number of alkyl halides is 3. The first-order chi connectivity index (χ1) is 9.11. The summed E-state index contributed by atoms with van der Waals surface area (Å²) in [7, 11) is 0. The van der Waals surface area contributed by atoms with E-state index in [2.05, 4.69) is 0 Å². The summed E-state index contributed by atoms with van der Waals surface area (Å²) in [5.74, 6) is -1.08. The number of esters is 1. The molecule has 0 bridgehead atoms. The molecule has 110 valence electrons. The number of carbonyl (C=O) groups is 2. The normalized spacial score (nSPS) is 12.9. The molecule has 0 unspecified atom stereocenters. The quantitative estimate of drug-likeness (QED) is 0.427. The zero-order valence-corrected chi connectivity index (χ0v) is 13.9. The molecule has 0 saturated heterocycles. The van der Waals surface area contributed by atoms with Crippen LogP contribution in [0, 0.1) is 0 Å². The maximum absolute atomic E-state index is 12.1. The van der Waals surface area contributed by atoms with Gasteiger partial charge in [0.15, 0.2) is 11.9 Å². The summed E-state index contributed by atoms with van der Waals surface area (Å²) in [6.07, 6.45) is -1.51. The molecule has 0 aromatic heterocycles. The van der Waals surface area contributed by atoms with Gasteiger partial charge in [-0.25, -0.2) is 0 Å². The number of hydrogen-bond donors (Lipinski definition) is 0. The second kappa shape index (κ2) is 7.19. The summed E-state index contributed by atoms with van der Waals surface area (Å²) in [6, 6.07) is 4.39. The van der Waals surface area contributed by atoms with Crippen LogP contribution in [0.2, 0.25) is 10.0 Å². The third-order valence-electron chi connectivity index (χ3n) is 2.28. The Morgan fingerprint density at radius 3 is 2.30 bits per heavy atom. The first kappa shape index (κ1) is 17.9. The van der Waals surface area contributed by atoms with Crippen LogP contribution in [-0.4, -0.2) is 21.6 Å². The Balaban J connectivity index is 2.93. The van der Waals surface area contributed by atoms with Crippen LogP contribution in [0.25, 0.3) is 0 Å². The molecule has 0 aliphatic carbocycles. The van der Waals surface area contributed by atoms with E-state index in [9.17, 15) is 9.59 Å². The largest absolute Gasteiger partial charge is 0.458 e. The van der Waals surface area contributed by atoms with Crippen molar-refractivity contribution >= 4 is 69.8 Å². The van der Waals surface area contributed by atoms with Gasteiger partial charge in [-0.3, -0.25) is 9.59 Å². The molecule has 0 fully saturated rings. The molecule has 3 nitrogen and oxygen atoms in total. The van der Waals surface area contributed by atoms with E-state index in [0.717, 1.165) is 6.92 Å². The predicted molar refractivity (Wildman–Crippen MR) is 81.3 cm³/mol. The number of ether oxygens (including phenoxy) is 1. The third kappa shape index (κ3) is 5.30. The lowest BCUT2D eigenvalue weighted by Crippen LogP contribution is -2.33. The molecular weight excluding hydrogens is 369 g/mol. The Hall–Kier alpha value is -0.190. The maximum atomic E-state index is 12.1. The van der Waals surface area contributed by atoms with E-state index in [-0.39, 0.29) is 17.0 Å². The average molecular weight is 378 g/mol. The number of halogens is 5. The minimum absolute atomic E-state index is 0.174. The molecule has 0 aliphatic rings. The van der Waals surface area contributed by atoms with Crippen LogP contribution < -0.4 is 0 Å². The van der Waals surface area contributed by atoms with Gasteiger partial charge in [0.25, 0.3) is 0 Å². The van der Waals surface area contributed by atoms with Gasteiger partial charge in [-0.1, -0.05) is 58.0 Å². The average Bonchev–Trinajstić information content (AvgIpc) is 2.25. The molecule has 0 heterocycles. The van der Waals surface area contributed by atoms with Crippen molar-refractivity contribution in [1.29, 1.82) is 0 Å². The maximum Gasteiger partial charge on any atom is 0.303 e. The van der Waals surface area contributed by atoms with E-state index in [1.807, 2.05) is 0 Å². The lowest BCUT2D eigenvalue weighted by atomic mass is 10.1. The second-order valence-corrected chi connectivity index (χ2v) is 7.10. The molecule has 20 heavy (non-hydrogen) atoms. The van der Waals surface area contributed by atoms with Gasteiger partial charge in [0.2, 0.25) is 3.79 Å². The molecule has 0 aliphatic heterocycles. The molecule has 0 saturated carbocycles. The Morgan fingerprint density at radius 1 is 1.25 bits per heavy atom. The minimum atomic E-state index is -1.92. The highest BCUT2D eigenvalue weighted by Gasteiger charge is 2.37. The van der Waals surface area contributed by atoms with E-state index in [4.69, 9.17) is 62.7 Å². The van der Waals surface area contributed by atoms with Crippen molar-refractivity contribution in [1.82, 2.24) is 0 Å². The Bertz CT molecular complexity index is 524. The van der Waals surface area contributed by atoms with E-state index in [0.29, 0.717) is 5.02 Å². The third-order valence-corrected chi connectivity index (χ3v) is 3.55. The monoisotopic (exact) mass is 376 g/mol. The van der Waals surface area contributed by atoms with Crippen LogP contribution in [-0.2, 0) is 9.53 Å². The van der Waals surface area contributed by atoms with Gasteiger partial charge in [0.1, 0.15) is 0 Å². The summed E-state index contributed by atoms with van der Waals surface area (Å²) in [5, 5.41) is 0.567. The van der Waals surface area contributed by atoms with Crippen molar-refractivity contribution in [2.75, 3.05) is 0 Å². The number of benzene rings is 1. The zero-order chi connectivity index (χ0) is 15.5. The number of ketones is 1. The molecule has 1 aromatic rings. The first-order valence-electron chi connectivity index (χ1n) is 5.33. The van der Waals surface area contributed by atoms with Crippen molar-refractivity contribution in [2.45, 2.75) is 23.2 Å². The predicted octanol–water partition coefficient (Wildman–Crippen LogP) is 4.87. The number of carbonyl (C=O) groups excluding carboxylic acids is 2. The van der Waals surface area contributed by atoms with Crippen molar-refractivity contribution in [3.63, 3.8) is 0 Å². The van der Waals surface area contributed by atoms with E-state index >= 15 is 0 Å². The van der Waals surface area contributed by atoms with Gasteiger partial charge in [-0.2, -0.15) is 0 Å². The second-order valence-electron chi connectivity index (χ2n) is 3.89. The summed E-state index contributed by atoms with van der Waals surface area (Å²) in [6.45, 7) is 1.16. The number of Topliss-reactive ketones (excluding diaryl/α,β-unsaturated/α-hetero) is 1. The Morgan fingerprint density at radius 2 is 1.85 bits per heavy atom. The molecule has 0 N–H and O–H groups in total. The fourth-order valence-corrected chi connectivity index (χ4v) is 2.30. The van der Waals surface area contributed by atoms with Crippen molar-refractivity contribution < 1.29 is 14.3 Å². The Labute approximate surface area is 141 Å². The smallest absolute Gasteiger partial charge is 0.303 e. The molecule has 1 aromatic carbocycles. The number of rotatable bonds is 4. The molecule has 1 rings (SSSR count). The van der Waals surface area contributed by atoms with Crippen LogP contribution in [0.15, 0.2) is 18.2 Å². The summed E-state index contributed by atoms with van der Waals surface area (Å²) in [5.41, 5.74) is 0.211. The molecule has 8 heteroatoms. The van der Waals surface area contributed by atoms with Gasteiger partial charge in [-0.05, 0) is 18.2 Å². The highest BCUT2D eigenvalue weighted by Crippen LogP contribution is 2.35. The molecule has 0 spiro atoms. The van der Waals surface area contributed by atoms with Crippen molar-refractivity contribution in [3.05, 3.63) is 33.8 Å². The topological polar surface area (TPSA) is 43.4 Å². The Kier molecular flexibility index (Phi) is 6.42. The van der Waals surface area contributed by atoms with E-state index in [1.54, 1.807) is 0 Å². The van der Waals surface area contributed by atoms with Crippen LogP contribution in [0.4, 0.5) is 0 Å². The summed E-state index contributed by atoms with van der Waals surface area (Å²) in [4.78, 5) is 23.1. The number of hydrogen-bond acceptors (Lipinski definition) is 3. The molecule has 0 radical (unpaired) electrons. The fourth-order valence-electron chi connectivity index (χ4n) is 1.42. The summed E-state index contributed by atoms with van der Waals surface area (Å²) < 4.78 is 2.93. The van der Waals surface area contributed by atoms with Crippen molar-refractivity contribution in [3.8, 4) is 0 Å². The van der Waals surface area contributed by atoms with Crippen LogP contribution in [0.3, 0.4) is 0 Å². The minimum Gasteiger partial charge on any atom is -0.458 e. The lowest BCUT2D eigenvalue weighted by Gasteiger charge is -2.23. The van der Waals surface area contributed by atoms with Gasteiger partial charge in [-0.15, -0.1) is 0 Å². The molecule has 1 atom stereocenters. The molecular formula is C12H9Cl5O3. The fraction of sp³-hybridized carbons (Fsp3) is 0.333. The lowest BCUT2D eigenvalue weighted by molar-refractivity contribution is -0.145. The van der Waals surface area contributed by atoms with Gasteiger partial charge < -0.3 is 4.74 Å². The van der Waals surface area contributed by atoms with Gasteiger partial charge >= 0.3 is 5.97 Å². The zero-order valence-electron chi connectivity index (χ0n) is 10.1. The summed E-state index contributed by atoms with van der Waals surface area (Å²) >= 11 is 28.7. The standard InChI is InChI=1S/C12H9Cl5O3/c1-6(18)20-11(12(15,16)17)5-10(19)8-3-2-7(13)4-9(8)14/h2-4,11H,5H2,1H3/t11-/m0/s1. The highest BCUT2D eigenvalue weighted by atomic mass is 35.6. The van der Waals surface area contributed by atoms with E-state index < -0.39 is 21.6 Å². The van der Waals surface area contributed by atoms with Gasteiger partial charge in [0.05, 0.1) is 11.4 Å². The van der Waals surface area contributed by atoms with E-state index in [1.165, 1.54) is 18.2 Å². The van der Waals surface area contributed by atoms with Gasteiger partial charge in [0, 0.05) is 17.5 Å². The van der Waals surface area contributed by atoms with Crippen LogP contribution in [0.5, 0.6) is 0 Å². The SMILES string of the molecule is CC(=O)O[C@@H](CC(=O)c1ccc(Cl)cc1Cl)C(Cl)(Cl)Cl. The van der Waals surface area contributed by atoms with Crippen LogP contribution in [0.1, 0.15) is 23.7 Å². The molecule has 0 amide bonds.